The molecule has 1 aliphatic rings. The summed E-state index contributed by atoms with van der Waals surface area (Å²) in [4.78, 5) is 10.1. The highest BCUT2D eigenvalue weighted by molar-refractivity contribution is 7.49. The lowest BCUT2D eigenvalue weighted by molar-refractivity contribution is -0.384. The van der Waals surface area contributed by atoms with E-state index in [9.17, 15) is 14.7 Å². The van der Waals surface area contributed by atoms with Crippen molar-refractivity contribution in [2.45, 2.75) is 45.1 Å². The highest BCUT2D eigenvalue weighted by Crippen LogP contribution is 2.54. The topological polar surface area (TPSA) is 87.9 Å². The zero-order valence-corrected chi connectivity index (χ0v) is 13.4. The van der Waals surface area contributed by atoms with Crippen LogP contribution < -0.4 is 4.52 Å². The molecule has 0 N–H and O–H groups in total. The number of phosphoric acid groups is 1. The van der Waals surface area contributed by atoms with Gasteiger partial charge < -0.3 is 4.52 Å². The Balaban J connectivity index is 1.95. The normalized spacial score (nSPS) is 24.9. The maximum absolute atomic E-state index is 12.5. The molecule has 1 aromatic rings. The third-order valence-electron chi connectivity index (χ3n) is 3.36. The first-order chi connectivity index (χ1) is 10.5. The molecule has 0 aromatic heterocycles. The molecule has 0 saturated carbocycles. The minimum Gasteiger partial charge on any atom is -0.404 e. The Morgan fingerprint density at radius 2 is 2.09 bits per heavy atom. The van der Waals surface area contributed by atoms with Crippen LogP contribution in [-0.4, -0.2) is 17.6 Å². The summed E-state index contributed by atoms with van der Waals surface area (Å²) >= 11 is 0. The zero-order chi connectivity index (χ0) is 16.0. The Labute approximate surface area is 129 Å². The molecule has 1 aliphatic heterocycles. The number of benzene rings is 1. The lowest BCUT2D eigenvalue weighted by atomic mass is 10.1. The number of nitro benzene ring substituents is 1. The second-order valence-electron chi connectivity index (χ2n) is 5.13. The van der Waals surface area contributed by atoms with Crippen LogP contribution in [0.5, 0.6) is 5.75 Å². The van der Waals surface area contributed by atoms with E-state index in [1.54, 1.807) is 0 Å². The number of phosphoric ester groups is 1. The van der Waals surface area contributed by atoms with E-state index in [1.807, 2.05) is 0 Å². The molecule has 0 radical (unpaired) electrons. The molecule has 0 bridgehead atoms. The Bertz CT molecular complexity index is 547. The lowest BCUT2D eigenvalue weighted by Crippen LogP contribution is -2.22. The summed E-state index contributed by atoms with van der Waals surface area (Å²) in [6, 6.07) is 5.32. The van der Waals surface area contributed by atoms with Gasteiger partial charge in [0.25, 0.3) is 5.69 Å². The van der Waals surface area contributed by atoms with Crippen molar-refractivity contribution in [1.82, 2.24) is 0 Å². The van der Waals surface area contributed by atoms with Crippen LogP contribution in [0.4, 0.5) is 5.69 Å². The minimum absolute atomic E-state index is 0.0615. The Hall–Kier alpha value is -1.43. The van der Waals surface area contributed by atoms with Gasteiger partial charge in [-0.05, 0) is 25.0 Å². The Morgan fingerprint density at radius 1 is 1.36 bits per heavy atom. The molecule has 0 spiro atoms. The summed E-state index contributed by atoms with van der Waals surface area (Å²) in [5.41, 5.74) is -0.0615. The van der Waals surface area contributed by atoms with Crippen molar-refractivity contribution in [3.8, 4) is 5.75 Å². The van der Waals surface area contributed by atoms with E-state index in [4.69, 9.17) is 13.6 Å². The van der Waals surface area contributed by atoms with Crippen molar-refractivity contribution in [2.75, 3.05) is 6.61 Å². The molecule has 1 fully saturated rings. The molecule has 22 heavy (non-hydrogen) atoms. The number of nitro groups is 1. The molecule has 1 saturated heterocycles. The van der Waals surface area contributed by atoms with Crippen molar-refractivity contribution in [3.63, 3.8) is 0 Å². The van der Waals surface area contributed by atoms with Gasteiger partial charge in [0.1, 0.15) is 5.75 Å². The van der Waals surface area contributed by atoms with Gasteiger partial charge >= 0.3 is 7.82 Å². The maximum Gasteiger partial charge on any atom is 0.530 e. The van der Waals surface area contributed by atoms with Gasteiger partial charge in [-0.25, -0.2) is 4.57 Å². The van der Waals surface area contributed by atoms with Crippen LogP contribution in [0.15, 0.2) is 24.3 Å². The summed E-state index contributed by atoms with van der Waals surface area (Å²) < 4.78 is 28.4. The average molecular weight is 329 g/mol. The number of rotatable bonds is 7. The summed E-state index contributed by atoms with van der Waals surface area (Å²) in [6.07, 6.45) is 4.61. The van der Waals surface area contributed by atoms with Crippen molar-refractivity contribution in [1.29, 1.82) is 0 Å². The van der Waals surface area contributed by atoms with Crippen LogP contribution in [0.3, 0.4) is 0 Å². The molecule has 2 unspecified atom stereocenters. The first-order valence-corrected chi connectivity index (χ1v) is 8.85. The van der Waals surface area contributed by atoms with Crippen molar-refractivity contribution >= 4 is 13.5 Å². The Kier molecular flexibility index (Phi) is 5.94. The minimum atomic E-state index is -3.65. The highest BCUT2D eigenvalue weighted by atomic mass is 31.2. The molecule has 7 nitrogen and oxygen atoms in total. The van der Waals surface area contributed by atoms with Gasteiger partial charge in [-0.15, -0.1) is 0 Å². The summed E-state index contributed by atoms with van der Waals surface area (Å²) in [7, 11) is -3.65. The SMILES string of the molecule is CCCCCC1CCOP(=O)(Oc2ccc([N+](=O)[O-])cc2)O1. The molecule has 1 heterocycles. The number of hydrogen-bond donors (Lipinski definition) is 0. The van der Waals surface area contributed by atoms with Crippen LogP contribution in [0.2, 0.25) is 0 Å². The van der Waals surface area contributed by atoms with Gasteiger partial charge in [-0.2, -0.15) is 0 Å². The molecular weight excluding hydrogens is 309 g/mol. The molecule has 8 heteroatoms. The molecule has 0 amide bonds. The van der Waals surface area contributed by atoms with Gasteiger partial charge in [0, 0.05) is 12.1 Å². The predicted molar refractivity (Wildman–Crippen MR) is 80.9 cm³/mol. The maximum atomic E-state index is 12.5. The van der Waals surface area contributed by atoms with E-state index in [0.29, 0.717) is 13.0 Å². The van der Waals surface area contributed by atoms with Crippen molar-refractivity contribution in [2.24, 2.45) is 0 Å². The van der Waals surface area contributed by atoms with E-state index in [1.165, 1.54) is 24.3 Å². The number of unbranched alkanes of at least 4 members (excludes halogenated alkanes) is 2. The van der Waals surface area contributed by atoms with Crippen LogP contribution in [0, 0.1) is 10.1 Å². The fraction of sp³-hybridized carbons (Fsp3) is 0.571. The average Bonchev–Trinajstić information content (AvgIpc) is 2.48. The fourth-order valence-electron chi connectivity index (χ4n) is 2.19. The van der Waals surface area contributed by atoms with E-state index in [0.717, 1.165) is 25.7 Å². The molecule has 0 aliphatic carbocycles. The second-order valence-corrected chi connectivity index (χ2v) is 6.68. The molecule has 1 aromatic carbocycles. The van der Waals surface area contributed by atoms with E-state index < -0.39 is 12.7 Å². The summed E-state index contributed by atoms with van der Waals surface area (Å²) in [5.74, 6) is 0.225. The number of hydrogen-bond acceptors (Lipinski definition) is 6. The third kappa shape index (κ3) is 4.80. The molecule has 2 rings (SSSR count). The summed E-state index contributed by atoms with van der Waals surface area (Å²) in [6.45, 7) is 2.44. The lowest BCUT2D eigenvalue weighted by Gasteiger charge is -2.28. The van der Waals surface area contributed by atoms with Gasteiger partial charge in [0.05, 0.1) is 17.6 Å². The summed E-state index contributed by atoms with van der Waals surface area (Å²) in [5, 5.41) is 10.6. The quantitative estimate of drug-likeness (QED) is 0.317. The predicted octanol–water partition coefficient (Wildman–Crippen LogP) is 4.47. The molecular formula is C14H20NO6P. The smallest absolute Gasteiger partial charge is 0.404 e. The van der Waals surface area contributed by atoms with Gasteiger partial charge in [0.2, 0.25) is 0 Å². The van der Waals surface area contributed by atoms with Crippen molar-refractivity contribution < 1.29 is 23.1 Å². The van der Waals surface area contributed by atoms with Gasteiger partial charge in [-0.1, -0.05) is 26.2 Å². The van der Waals surface area contributed by atoms with Crippen molar-refractivity contribution in [3.05, 3.63) is 34.4 Å². The van der Waals surface area contributed by atoms with Gasteiger partial charge in [0.15, 0.2) is 0 Å². The number of nitrogens with zero attached hydrogens (tertiary/aromatic N) is 1. The monoisotopic (exact) mass is 329 g/mol. The second kappa shape index (κ2) is 7.72. The van der Waals surface area contributed by atoms with E-state index in [-0.39, 0.29) is 17.5 Å². The van der Waals surface area contributed by atoms with Crippen LogP contribution in [0.1, 0.15) is 39.0 Å². The van der Waals surface area contributed by atoms with Crippen LogP contribution in [0.25, 0.3) is 0 Å². The first kappa shape index (κ1) is 16.9. The fourth-order valence-corrected chi connectivity index (χ4v) is 3.63. The first-order valence-electron chi connectivity index (χ1n) is 7.39. The number of non-ortho nitro benzene ring substituents is 1. The third-order valence-corrected chi connectivity index (χ3v) is 4.85. The largest absolute Gasteiger partial charge is 0.530 e. The molecule has 122 valence electrons. The van der Waals surface area contributed by atoms with E-state index >= 15 is 0 Å². The molecule has 2 atom stereocenters. The standard InChI is InChI=1S/C14H20NO6P/c1-2-3-4-5-13-10-11-19-22(18,20-13)21-14-8-6-12(7-9-14)15(16)17/h6-9,13H,2-5,10-11H2,1H3. The van der Waals surface area contributed by atoms with Crippen LogP contribution in [-0.2, 0) is 13.6 Å². The highest BCUT2D eigenvalue weighted by Gasteiger charge is 2.36. The zero-order valence-electron chi connectivity index (χ0n) is 12.5. The Morgan fingerprint density at radius 3 is 2.73 bits per heavy atom. The van der Waals surface area contributed by atoms with Crippen LogP contribution >= 0.6 is 7.82 Å². The van der Waals surface area contributed by atoms with Gasteiger partial charge in [-0.3, -0.25) is 19.2 Å². The van der Waals surface area contributed by atoms with E-state index in [2.05, 4.69) is 6.92 Å².